The van der Waals surface area contributed by atoms with Gasteiger partial charge in [0.2, 0.25) is 0 Å². The largest absolute Gasteiger partial charge is 0.368 e. The topological polar surface area (TPSA) is 46.8 Å². The Morgan fingerprint density at radius 1 is 1.32 bits per heavy atom. The molecule has 0 saturated carbocycles. The fourth-order valence-electron chi connectivity index (χ4n) is 4.16. The third-order valence-corrected chi connectivity index (χ3v) is 6.07. The maximum Gasteiger partial charge on any atom is 0.258 e. The van der Waals surface area contributed by atoms with Crippen LogP contribution in [0.1, 0.15) is 23.2 Å². The highest BCUT2D eigenvalue weighted by Crippen LogP contribution is 2.42. The van der Waals surface area contributed by atoms with E-state index in [1.54, 1.807) is 16.7 Å². The average molecular weight is 353 g/mol. The summed E-state index contributed by atoms with van der Waals surface area (Å²) in [5.41, 5.74) is 3.38. The highest BCUT2D eigenvalue weighted by Gasteiger charge is 2.43. The minimum atomic E-state index is -0.197. The predicted molar refractivity (Wildman–Crippen MR) is 97.0 cm³/mol. The molecule has 6 heteroatoms. The van der Waals surface area contributed by atoms with Gasteiger partial charge in [0.05, 0.1) is 12.3 Å². The Hall–Kier alpha value is -2.02. The molecule has 2 aromatic heterocycles. The highest BCUT2D eigenvalue weighted by molar-refractivity contribution is 7.15. The summed E-state index contributed by atoms with van der Waals surface area (Å²) in [5.74, 6) is 0. The second-order valence-corrected chi connectivity index (χ2v) is 7.72. The Bertz CT molecular complexity index is 991. The number of morpholine rings is 1. The van der Waals surface area contributed by atoms with Gasteiger partial charge in [-0.1, -0.05) is 24.3 Å². The maximum absolute atomic E-state index is 12.2. The molecule has 3 aromatic rings. The van der Waals surface area contributed by atoms with Crippen molar-refractivity contribution in [3.8, 4) is 0 Å². The molecule has 2 aliphatic rings. The summed E-state index contributed by atoms with van der Waals surface area (Å²) in [5, 5.41) is 1.90. The smallest absolute Gasteiger partial charge is 0.258 e. The van der Waals surface area contributed by atoms with Crippen LogP contribution in [0.4, 0.5) is 0 Å². The number of thiazole rings is 1. The van der Waals surface area contributed by atoms with Crippen LogP contribution in [-0.2, 0) is 23.3 Å². The van der Waals surface area contributed by atoms with Gasteiger partial charge in [-0.25, -0.2) is 4.98 Å². The van der Waals surface area contributed by atoms with E-state index in [1.807, 2.05) is 5.38 Å². The minimum Gasteiger partial charge on any atom is -0.368 e. The number of hydrogen-bond acceptors (Lipinski definition) is 5. The molecular weight excluding hydrogens is 334 g/mol. The molecule has 1 saturated heterocycles. The van der Waals surface area contributed by atoms with E-state index in [0.717, 1.165) is 36.6 Å². The molecule has 25 heavy (non-hydrogen) atoms. The van der Waals surface area contributed by atoms with Crippen molar-refractivity contribution in [1.82, 2.24) is 14.3 Å². The monoisotopic (exact) mass is 353 g/mol. The van der Waals surface area contributed by atoms with Gasteiger partial charge in [0, 0.05) is 37.3 Å². The van der Waals surface area contributed by atoms with Crippen molar-refractivity contribution < 1.29 is 4.74 Å². The van der Waals surface area contributed by atoms with E-state index in [-0.39, 0.29) is 11.2 Å². The second-order valence-electron chi connectivity index (χ2n) is 6.85. The number of nitrogens with zero attached hydrogens (tertiary/aromatic N) is 3. The van der Waals surface area contributed by atoms with Gasteiger partial charge in [0.1, 0.15) is 5.60 Å². The first-order valence-electron chi connectivity index (χ1n) is 8.64. The predicted octanol–water partition coefficient (Wildman–Crippen LogP) is 2.43. The molecule has 1 aliphatic heterocycles. The number of ether oxygens (including phenoxy) is 1. The van der Waals surface area contributed by atoms with Gasteiger partial charge in [-0.15, -0.1) is 11.3 Å². The van der Waals surface area contributed by atoms with Gasteiger partial charge in [0.25, 0.3) is 5.56 Å². The number of fused-ring (bicyclic) bond motifs is 3. The normalized spacial score (nSPS) is 23.4. The van der Waals surface area contributed by atoms with E-state index in [9.17, 15) is 4.79 Å². The Labute approximate surface area is 149 Å². The second kappa shape index (κ2) is 5.76. The zero-order chi connectivity index (χ0) is 16.9. The summed E-state index contributed by atoms with van der Waals surface area (Å²) in [6.45, 7) is 3.14. The van der Waals surface area contributed by atoms with Gasteiger partial charge < -0.3 is 4.74 Å². The SMILES string of the molecule is O=c1cc(CN2CCOC3(CCc4ccccc43)C2)nc2sccn12. The van der Waals surface area contributed by atoms with E-state index in [1.165, 1.54) is 22.5 Å². The molecule has 5 nitrogen and oxygen atoms in total. The zero-order valence-electron chi connectivity index (χ0n) is 13.9. The lowest BCUT2D eigenvalue weighted by atomic mass is 9.93. The summed E-state index contributed by atoms with van der Waals surface area (Å²) in [6.07, 6.45) is 3.88. The Balaban J connectivity index is 1.42. The van der Waals surface area contributed by atoms with Gasteiger partial charge in [0.15, 0.2) is 4.96 Å². The quantitative estimate of drug-likeness (QED) is 0.710. The lowest BCUT2D eigenvalue weighted by Gasteiger charge is -2.41. The Kier molecular flexibility index (Phi) is 3.51. The number of aryl methyl sites for hydroxylation is 1. The standard InChI is InChI=1S/C19H19N3O2S/c23-17-11-15(20-18-22(17)8-10-25-18)12-21-7-9-24-19(13-21)6-5-14-3-1-2-4-16(14)19/h1-4,8,10-11H,5-7,9,12-13H2. The summed E-state index contributed by atoms with van der Waals surface area (Å²) >= 11 is 1.50. The third-order valence-electron chi connectivity index (χ3n) is 5.31. The summed E-state index contributed by atoms with van der Waals surface area (Å²) in [7, 11) is 0. The number of benzene rings is 1. The fraction of sp³-hybridized carbons (Fsp3) is 0.368. The van der Waals surface area contributed by atoms with Crippen molar-refractivity contribution >= 4 is 16.3 Å². The van der Waals surface area contributed by atoms with E-state index >= 15 is 0 Å². The lowest BCUT2D eigenvalue weighted by Crippen LogP contribution is -2.48. The molecule has 1 aliphatic carbocycles. The molecule has 0 amide bonds. The van der Waals surface area contributed by atoms with E-state index in [0.29, 0.717) is 13.2 Å². The minimum absolute atomic E-state index is 0.00423. The van der Waals surface area contributed by atoms with Crippen LogP contribution >= 0.6 is 11.3 Å². The summed E-state index contributed by atoms with van der Waals surface area (Å²) in [6, 6.07) is 10.3. The molecule has 3 heterocycles. The molecule has 0 N–H and O–H groups in total. The molecular formula is C19H19N3O2S. The molecule has 1 fully saturated rings. The van der Waals surface area contributed by atoms with Crippen molar-refractivity contribution in [3.05, 3.63) is 69.1 Å². The van der Waals surface area contributed by atoms with Crippen molar-refractivity contribution in [1.29, 1.82) is 0 Å². The molecule has 128 valence electrons. The van der Waals surface area contributed by atoms with Crippen LogP contribution < -0.4 is 5.56 Å². The van der Waals surface area contributed by atoms with Crippen LogP contribution in [0.15, 0.2) is 46.7 Å². The first-order chi connectivity index (χ1) is 12.2. The molecule has 0 bridgehead atoms. The first kappa shape index (κ1) is 15.3. The number of rotatable bonds is 2. The molecule has 1 spiro atoms. The third kappa shape index (κ3) is 2.52. The van der Waals surface area contributed by atoms with Gasteiger partial charge in [-0.3, -0.25) is 14.1 Å². The van der Waals surface area contributed by atoms with Crippen LogP contribution in [0.3, 0.4) is 0 Å². The molecule has 1 aromatic carbocycles. The average Bonchev–Trinajstić information content (AvgIpc) is 3.22. The molecule has 1 atom stereocenters. The Morgan fingerprint density at radius 2 is 2.24 bits per heavy atom. The number of hydrogen-bond donors (Lipinski definition) is 0. The summed E-state index contributed by atoms with van der Waals surface area (Å²) < 4.78 is 7.88. The van der Waals surface area contributed by atoms with Crippen LogP contribution in [0, 0.1) is 0 Å². The van der Waals surface area contributed by atoms with Crippen LogP contribution in [-0.4, -0.2) is 34.0 Å². The van der Waals surface area contributed by atoms with Crippen molar-refractivity contribution in [2.75, 3.05) is 19.7 Å². The van der Waals surface area contributed by atoms with E-state index in [4.69, 9.17) is 4.74 Å². The van der Waals surface area contributed by atoms with Gasteiger partial charge >= 0.3 is 0 Å². The van der Waals surface area contributed by atoms with E-state index in [2.05, 4.69) is 34.1 Å². The van der Waals surface area contributed by atoms with E-state index < -0.39 is 0 Å². The van der Waals surface area contributed by atoms with Crippen molar-refractivity contribution in [2.45, 2.75) is 25.0 Å². The maximum atomic E-state index is 12.2. The molecule has 0 radical (unpaired) electrons. The van der Waals surface area contributed by atoms with Gasteiger partial charge in [-0.05, 0) is 24.0 Å². The molecule has 5 rings (SSSR count). The highest BCUT2D eigenvalue weighted by atomic mass is 32.1. The van der Waals surface area contributed by atoms with Gasteiger partial charge in [-0.2, -0.15) is 0 Å². The first-order valence-corrected chi connectivity index (χ1v) is 9.52. The van der Waals surface area contributed by atoms with Crippen molar-refractivity contribution in [2.24, 2.45) is 0 Å². The van der Waals surface area contributed by atoms with Crippen LogP contribution in [0.5, 0.6) is 0 Å². The number of aromatic nitrogens is 2. The summed E-state index contributed by atoms with van der Waals surface area (Å²) in [4.78, 5) is 20.0. The Morgan fingerprint density at radius 3 is 3.20 bits per heavy atom. The van der Waals surface area contributed by atoms with Crippen LogP contribution in [0.25, 0.3) is 4.96 Å². The van der Waals surface area contributed by atoms with Crippen LogP contribution in [0.2, 0.25) is 0 Å². The van der Waals surface area contributed by atoms with Crippen molar-refractivity contribution in [3.63, 3.8) is 0 Å². The lowest BCUT2D eigenvalue weighted by molar-refractivity contribution is -0.116. The fourth-order valence-corrected chi connectivity index (χ4v) is 4.90. The molecule has 1 unspecified atom stereocenters. The zero-order valence-corrected chi connectivity index (χ0v) is 14.7.